The van der Waals surface area contributed by atoms with Crippen molar-refractivity contribution in [3.8, 4) is 10.6 Å². The molecule has 3 aromatic heterocycles. The van der Waals surface area contributed by atoms with E-state index >= 15 is 0 Å². The first kappa shape index (κ1) is 17.7. The molecule has 3 aromatic rings. The van der Waals surface area contributed by atoms with Crippen LogP contribution in [-0.2, 0) is 16.4 Å². The van der Waals surface area contributed by atoms with Crippen molar-refractivity contribution in [2.45, 2.75) is 32.1 Å². The van der Waals surface area contributed by atoms with E-state index in [1.54, 1.807) is 37.6 Å². The van der Waals surface area contributed by atoms with E-state index < -0.39 is 10.0 Å². The molecule has 7 nitrogen and oxygen atoms in total. The minimum atomic E-state index is -3.57. The van der Waals surface area contributed by atoms with Gasteiger partial charge in [-0.15, -0.1) is 11.3 Å². The maximum atomic E-state index is 12.4. The van der Waals surface area contributed by atoms with Crippen molar-refractivity contribution >= 4 is 21.4 Å². The van der Waals surface area contributed by atoms with Gasteiger partial charge >= 0.3 is 0 Å². The number of nitrogens with one attached hydrogen (secondary N) is 2. The minimum absolute atomic E-state index is 0.228. The third-order valence-corrected chi connectivity index (χ3v) is 6.78. The molecule has 0 bridgehead atoms. The number of pyridine rings is 1. The van der Waals surface area contributed by atoms with E-state index in [4.69, 9.17) is 0 Å². The van der Waals surface area contributed by atoms with Crippen LogP contribution in [0.25, 0.3) is 10.6 Å². The number of hydrogen-bond donors (Lipinski definition) is 2. The Morgan fingerprint density at radius 3 is 2.52 bits per heavy atom. The molecule has 0 aliphatic rings. The molecule has 25 heavy (non-hydrogen) atoms. The first-order valence-corrected chi connectivity index (χ1v) is 10.1. The summed E-state index contributed by atoms with van der Waals surface area (Å²) < 4.78 is 27.5. The summed E-state index contributed by atoms with van der Waals surface area (Å²) in [5, 5.41) is 7.56. The van der Waals surface area contributed by atoms with Gasteiger partial charge in [-0.3, -0.25) is 10.1 Å². The third-order valence-electron chi connectivity index (χ3n) is 3.79. The quantitative estimate of drug-likeness (QED) is 0.687. The molecule has 2 N–H and O–H groups in total. The second-order valence-electron chi connectivity index (χ2n) is 5.67. The van der Waals surface area contributed by atoms with Crippen LogP contribution in [0.4, 0.5) is 0 Å². The lowest BCUT2D eigenvalue weighted by atomic mass is 10.3. The van der Waals surface area contributed by atoms with Crippen LogP contribution in [-0.4, -0.2) is 35.1 Å². The molecule has 0 aliphatic heterocycles. The van der Waals surface area contributed by atoms with Crippen molar-refractivity contribution in [3.63, 3.8) is 0 Å². The lowest BCUT2D eigenvalue weighted by Gasteiger charge is -2.06. The van der Waals surface area contributed by atoms with Gasteiger partial charge in [0.1, 0.15) is 9.90 Å². The van der Waals surface area contributed by atoms with E-state index in [1.165, 1.54) is 0 Å². The Labute approximate surface area is 150 Å². The Bertz CT molecular complexity index is 958. The van der Waals surface area contributed by atoms with Crippen molar-refractivity contribution in [3.05, 3.63) is 46.5 Å². The first-order chi connectivity index (χ1) is 11.9. The topological polar surface area (TPSA) is 101 Å². The standard InChI is InChI=1S/C16H19N5O2S2/c1-10-14(24-16(19-10)13-4-7-17-8-5-13)6-9-18-25(22,23)15-11(2)20-21-12(15)3/h4-5,7-8,18H,6,9H2,1-3H3,(H,20,21). The number of aromatic nitrogens is 4. The molecule has 0 amide bonds. The van der Waals surface area contributed by atoms with Crippen LogP contribution >= 0.6 is 11.3 Å². The highest BCUT2D eigenvalue weighted by Crippen LogP contribution is 2.27. The predicted molar refractivity (Wildman–Crippen MR) is 97.0 cm³/mol. The van der Waals surface area contributed by atoms with Gasteiger partial charge < -0.3 is 0 Å². The van der Waals surface area contributed by atoms with Gasteiger partial charge in [-0.05, 0) is 39.3 Å². The minimum Gasteiger partial charge on any atom is -0.281 e. The van der Waals surface area contributed by atoms with E-state index in [1.807, 2.05) is 19.1 Å². The van der Waals surface area contributed by atoms with Crippen molar-refractivity contribution in [1.29, 1.82) is 0 Å². The molecule has 9 heteroatoms. The highest BCUT2D eigenvalue weighted by atomic mass is 32.2. The maximum absolute atomic E-state index is 12.4. The van der Waals surface area contributed by atoms with Crippen LogP contribution in [0, 0.1) is 20.8 Å². The smallest absolute Gasteiger partial charge is 0.244 e. The van der Waals surface area contributed by atoms with E-state index in [2.05, 4.69) is 24.9 Å². The highest BCUT2D eigenvalue weighted by Gasteiger charge is 2.22. The average Bonchev–Trinajstić information content (AvgIpc) is 3.11. The number of rotatable bonds is 6. The summed E-state index contributed by atoms with van der Waals surface area (Å²) in [5.41, 5.74) is 2.95. The molecule has 3 heterocycles. The number of nitrogens with zero attached hydrogens (tertiary/aromatic N) is 3. The lowest BCUT2D eigenvalue weighted by Crippen LogP contribution is -2.26. The number of aryl methyl sites for hydroxylation is 3. The summed E-state index contributed by atoms with van der Waals surface area (Å²) in [7, 11) is -3.57. The van der Waals surface area contributed by atoms with E-state index in [0.717, 1.165) is 21.1 Å². The Hall–Kier alpha value is -2.10. The van der Waals surface area contributed by atoms with Gasteiger partial charge in [0.25, 0.3) is 0 Å². The summed E-state index contributed by atoms with van der Waals surface area (Å²) in [6, 6.07) is 3.82. The summed E-state index contributed by atoms with van der Waals surface area (Å²) in [4.78, 5) is 9.87. The first-order valence-electron chi connectivity index (χ1n) is 7.76. The van der Waals surface area contributed by atoms with Crippen molar-refractivity contribution in [1.82, 2.24) is 24.9 Å². The van der Waals surface area contributed by atoms with E-state index in [-0.39, 0.29) is 4.90 Å². The molecule has 132 valence electrons. The molecule has 0 saturated carbocycles. The van der Waals surface area contributed by atoms with Gasteiger partial charge in [0.05, 0.1) is 17.1 Å². The summed E-state index contributed by atoms with van der Waals surface area (Å²) in [6.07, 6.45) is 4.05. The number of thiazole rings is 1. The van der Waals surface area contributed by atoms with Crippen LogP contribution < -0.4 is 4.72 Å². The van der Waals surface area contributed by atoms with Gasteiger partial charge in [0, 0.05) is 29.4 Å². The Morgan fingerprint density at radius 2 is 1.88 bits per heavy atom. The zero-order valence-electron chi connectivity index (χ0n) is 14.2. The molecule has 0 saturated heterocycles. The fraction of sp³-hybridized carbons (Fsp3) is 0.312. The van der Waals surface area contributed by atoms with Crippen LogP contribution in [0.3, 0.4) is 0 Å². The Balaban J connectivity index is 1.70. The molecule has 0 aromatic carbocycles. The molecule has 0 radical (unpaired) electrons. The fourth-order valence-corrected chi connectivity index (χ4v) is 5.05. The molecule has 0 fully saturated rings. The third kappa shape index (κ3) is 3.78. The average molecular weight is 377 g/mol. The molecular formula is C16H19N5O2S2. The van der Waals surface area contributed by atoms with Gasteiger partial charge in [0.15, 0.2) is 0 Å². The molecule has 0 spiro atoms. The molecule has 0 unspecified atom stereocenters. The number of aromatic amines is 1. The second-order valence-corrected chi connectivity index (χ2v) is 8.46. The van der Waals surface area contributed by atoms with Crippen molar-refractivity contribution < 1.29 is 8.42 Å². The Kier molecular flexibility index (Phi) is 4.98. The summed E-state index contributed by atoms with van der Waals surface area (Å²) >= 11 is 1.57. The maximum Gasteiger partial charge on any atom is 0.244 e. The summed E-state index contributed by atoms with van der Waals surface area (Å²) in [5.74, 6) is 0. The van der Waals surface area contributed by atoms with Crippen LogP contribution in [0.15, 0.2) is 29.4 Å². The number of hydrogen-bond acceptors (Lipinski definition) is 6. The van der Waals surface area contributed by atoms with E-state index in [9.17, 15) is 8.42 Å². The largest absolute Gasteiger partial charge is 0.281 e. The normalized spacial score (nSPS) is 11.8. The highest BCUT2D eigenvalue weighted by molar-refractivity contribution is 7.89. The number of sulfonamides is 1. The van der Waals surface area contributed by atoms with Gasteiger partial charge in [0.2, 0.25) is 10.0 Å². The summed E-state index contributed by atoms with van der Waals surface area (Å²) in [6.45, 7) is 5.62. The van der Waals surface area contributed by atoms with Crippen molar-refractivity contribution in [2.24, 2.45) is 0 Å². The molecule has 0 aliphatic carbocycles. The SMILES string of the molecule is Cc1nc(-c2ccncc2)sc1CCNS(=O)(=O)c1c(C)n[nH]c1C. The molecule has 0 atom stereocenters. The van der Waals surface area contributed by atoms with Crippen LogP contribution in [0.2, 0.25) is 0 Å². The number of H-pyrrole nitrogens is 1. The Morgan fingerprint density at radius 1 is 1.16 bits per heavy atom. The van der Waals surface area contributed by atoms with Crippen LogP contribution in [0.5, 0.6) is 0 Å². The van der Waals surface area contributed by atoms with Gasteiger partial charge in [-0.25, -0.2) is 18.1 Å². The zero-order chi connectivity index (χ0) is 18.0. The zero-order valence-corrected chi connectivity index (χ0v) is 15.8. The lowest BCUT2D eigenvalue weighted by molar-refractivity contribution is 0.580. The van der Waals surface area contributed by atoms with Gasteiger partial charge in [-0.2, -0.15) is 5.10 Å². The second kappa shape index (κ2) is 7.03. The van der Waals surface area contributed by atoms with Crippen molar-refractivity contribution in [2.75, 3.05) is 6.54 Å². The van der Waals surface area contributed by atoms with E-state index in [0.29, 0.717) is 24.4 Å². The van der Waals surface area contributed by atoms with Crippen LogP contribution in [0.1, 0.15) is 22.0 Å². The fourth-order valence-electron chi connectivity index (χ4n) is 2.59. The predicted octanol–water partition coefficient (Wildman–Crippen LogP) is 2.37. The molecule has 3 rings (SSSR count). The monoisotopic (exact) mass is 377 g/mol. The molecular weight excluding hydrogens is 358 g/mol. The van der Waals surface area contributed by atoms with Gasteiger partial charge in [-0.1, -0.05) is 0 Å².